The van der Waals surface area contributed by atoms with E-state index < -0.39 is 0 Å². The van der Waals surface area contributed by atoms with Crippen molar-refractivity contribution in [2.45, 2.75) is 31.7 Å². The molecule has 1 heterocycles. The summed E-state index contributed by atoms with van der Waals surface area (Å²) in [5, 5.41) is 5.68. The first kappa shape index (κ1) is 16.5. The molecule has 0 spiro atoms. The summed E-state index contributed by atoms with van der Waals surface area (Å²) in [6.45, 7) is 1.14. The highest BCUT2D eigenvalue weighted by Crippen LogP contribution is 2.22. The Morgan fingerprint density at radius 1 is 1.00 bits per heavy atom. The van der Waals surface area contributed by atoms with Crippen LogP contribution >= 0.6 is 0 Å². The molecule has 1 aromatic carbocycles. The van der Waals surface area contributed by atoms with Crippen molar-refractivity contribution in [3.05, 3.63) is 35.9 Å². The number of carbonyl (C=O) groups is 3. The minimum absolute atomic E-state index is 0.00728. The van der Waals surface area contributed by atoms with Gasteiger partial charge in [-0.05, 0) is 37.8 Å². The summed E-state index contributed by atoms with van der Waals surface area (Å²) in [4.78, 5) is 37.9. The number of likely N-dealkylation sites (tertiary alicyclic amines) is 1. The molecule has 0 radical (unpaired) electrons. The topological polar surface area (TPSA) is 78.5 Å². The van der Waals surface area contributed by atoms with Crippen LogP contribution in [0.1, 0.15) is 36.0 Å². The summed E-state index contributed by atoms with van der Waals surface area (Å²) in [6.07, 6.45) is 3.56. The third-order valence-corrected chi connectivity index (χ3v) is 4.58. The molecule has 1 saturated heterocycles. The van der Waals surface area contributed by atoms with Crippen LogP contribution in [0.5, 0.6) is 0 Å². The molecule has 6 nitrogen and oxygen atoms in total. The number of hydrogen-bond donors (Lipinski definition) is 2. The molecule has 0 aromatic heterocycles. The number of nitrogens with one attached hydrogen (secondary N) is 2. The van der Waals surface area contributed by atoms with Crippen LogP contribution < -0.4 is 10.6 Å². The number of hydrogen-bond acceptors (Lipinski definition) is 3. The monoisotopic (exact) mass is 329 g/mol. The Hall–Kier alpha value is -2.37. The fourth-order valence-corrected chi connectivity index (χ4v) is 2.90. The van der Waals surface area contributed by atoms with Crippen molar-refractivity contribution >= 4 is 17.7 Å². The molecule has 1 saturated carbocycles. The van der Waals surface area contributed by atoms with E-state index in [4.69, 9.17) is 0 Å². The van der Waals surface area contributed by atoms with E-state index in [1.807, 2.05) is 6.07 Å². The van der Waals surface area contributed by atoms with Gasteiger partial charge >= 0.3 is 0 Å². The van der Waals surface area contributed by atoms with Crippen molar-refractivity contribution in [3.63, 3.8) is 0 Å². The maximum Gasteiger partial charge on any atom is 0.251 e. The summed E-state index contributed by atoms with van der Waals surface area (Å²) in [7, 11) is 0. The summed E-state index contributed by atoms with van der Waals surface area (Å²) >= 11 is 0. The van der Waals surface area contributed by atoms with Crippen LogP contribution in [0.2, 0.25) is 0 Å². The first-order chi connectivity index (χ1) is 11.6. The van der Waals surface area contributed by atoms with Gasteiger partial charge in [0.05, 0.1) is 6.54 Å². The standard InChI is InChI=1S/C18H23N3O3/c22-16(12-19-17(23)13-4-2-1-3-5-13)21-10-8-14(9-11-21)18(24)20-15-6-7-15/h1-5,14-15H,6-12H2,(H,19,23)(H,20,24). The highest BCUT2D eigenvalue weighted by molar-refractivity contribution is 5.96. The fourth-order valence-electron chi connectivity index (χ4n) is 2.90. The number of benzene rings is 1. The second kappa shape index (κ2) is 7.47. The Morgan fingerprint density at radius 3 is 2.29 bits per heavy atom. The quantitative estimate of drug-likeness (QED) is 0.844. The molecule has 6 heteroatoms. The van der Waals surface area contributed by atoms with Crippen molar-refractivity contribution in [2.75, 3.05) is 19.6 Å². The molecule has 0 bridgehead atoms. The summed E-state index contributed by atoms with van der Waals surface area (Å²) < 4.78 is 0. The zero-order valence-corrected chi connectivity index (χ0v) is 13.7. The lowest BCUT2D eigenvalue weighted by Gasteiger charge is -2.31. The van der Waals surface area contributed by atoms with Crippen LogP contribution in [0.25, 0.3) is 0 Å². The molecule has 2 aliphatic rings. The molecule has 1 aliphatic heterocycles. The molecule has 0 atom stereocenters. The SMILES string of the molecule is O=C(NCC(=O)N1CCC(C(=O)NC2CC2)CC1)c1ccccc1. The lowest BCUT2D eigenvalue weighted by molar-refractivity contribution is -0.134. The number of rotatable bonds is 5. The zero-order chi connectivity index (χ0) is 16.9. The molecule has 2 N–H and O–H groups in total. The van der Waals surface area contributed by atoms with E-state index in [0.29, 0.717) is 37.5 Å². The number of piperidine rings is 1. The van der Waals surface area contributed by atoms with E-state index in [-0.39, 0.29) is 30.2 Å². The second-order valence-corrected chi connectivity index (χ2v) is 6.49. The molecule has 24 heavy (non-hydrogen) atoms. The average molecular weight is 329 g/mol. The van der Waals surface area contributed by atoms with Crippen LogP contribution in [0, 0.1) is 5.92 Å². The molecule has 3 rings (SSSR count). The Bertz CT molecular complexity index is 605. The highest BCUT2D eigenvalue weighted by Gasteiger charge is 2.31. The van der Waals surface area contributed by atoms with Crippen molar-refractivity contribution in [2.24, 2.45) is 5.92 Å². The average Bonchev–Trinajstić information content (AvgIpc) is 3.44. The van der Waals surface area contributed by atoms with Gasteiger partial charge in [0.15, 0.2) is 0 Å². The van der Waals surface area contributed by atoms with Crippen molar-refractivity contribution < 1.29 is 14.4 Å². The molecule has 1 aliphatic carbocycles. The summed E-state index contributed by atoms with van der Waals surface area (Å²) in [5.41, 5.74) is 0.542. The van der Waals surface area contributed by atoms with Crippen LogP contribution in [-0.4, -0.2) is 48.3 Å². The largest absolute Gasteiger partial charge is 0.353 e. The Balaban J connectivity index is 1.40. The molecule has 128 valence electrons. The van der Waals surface area contributed by atoms with E-state index in [0.717, 1.165) is 12.8 Å². The lowest BCUT2D eigenvalue weighted by Crippen LogP contribution is -2.46. The van der Waals surface area contributed by atoms with E-state index >= 15 is 0 Å². The van der Waals surface area contributed by atoms with Crippen LogP contribution in [0.4, 0.5) is 0 Å². The van der Waals surface area contributed by atoms with Gasteiger partial charge in [0, 0.05) is 30.6 Å². The Morgan fingerprint density at radius 2 is 1.67 bits per heavy atom. The molecule has 2 fully saturated rings. The van der Waals surface area contributed by atoms with Gasteiger partial charge < -0.3 is 15.5 Å². The summed E-state index contributed by atoms with van der Waals surface area (Å²) in [5.74, 6) is -0.210. The van der Waals surface area contributed by atoms with Crippen LogP contribution in [0.15, 0.2) is 30.3 Å². The Kier molecular flexibility index (Phi) is 5.13. The van der Waals surface area contributed by atoms with Gasteiger partial charge in [0.2, 0.25) is 11.8 Å². The van der Waals surface area contributed by atoms with Crippen LogP contribution in [-0.2, 0) is 9.59 Å². The minimum Gasteiger partial charge on any atom is -0.353 e. The second-order valence-electron chi connectivity index (χ2n) is 6.49. The van der Waals surface area contributed by atoms with Crippen molar-refractivity contribution in [1.82, 2.24) is 15.5 Å². The molecular formula is C18H23N3O3. The van der Waals surface area contributed by atoms with E-state index in [9.17, 15) is 14.4 Å². The smallest absolute Gasteiger partial charge is 0.251 e. The zero-order valence-electron chi connectivity index (χ0n) is 13.7. The third-order valence-electron chi connectivity index (χ3n) is 4.58. The van der Waals surface area contributed by atoms with E-state index in [2.05, 4.69) is 10.6 Å². The maximum absolute atomic E-state index is 12.2. The van der Waals surface area contributed by atoms with Crippen LogP contribution in [0.3, 0.4) is 0 Å². The van der Waals surface area contributed by atoms with Gasteiger partial charge in [-0.3, -0.25) is 14.4 Å². The van der Waals surface area contributed by atoms with E-state index in [1.54, 1.807) is 29.2 Å². The number of nitrogens with zero attached hydrogens (tertiary/aromatic N) is 1. The first-order valence-electron chi connectivity index (χ1n) is 8.55. The van der Waals surface area contributed by atoms with Gasteiger partial charge in [-0.15, -0.1) is 0 Å². The third kappa shape index (κ3) is 4.34. The van der Waals surface area contributed by atoms with Gasteiger partial charge in [0.25, 0.3) is 5.91 Å². The molecule has 1 aromatic rings. The lowest BCUT2D eigenvalue weighted by atomic mass is 9.96. The summed E-state index contributed by atoms with van der Waals surface area (Å²) in [6, 6.07) is 9.21. The van der Waals surface area contributed by atoms with Crippen molar-refractivity contribution in [1.29, 1.82) is 0 Å². The van der Waals surface area contributed by atoms with Gasteiger partial charge in [-0.2, -0.15) is 0 Å². The fraction of sp³-hybridized carbons (Fsp3) is 0.500. The number of carbonyl (C=O) groups excluding carboxylic acids is 3. The normalized spacial score (nSPS) is 18.1. The van der Waals surface area contributed by atoms with Gasteiger partial charge in [-0.1, -0.05) is 18.2 Å². The van der Waals surface area contributed by atoms with E-state index in [1.165, 1.54) is 0 Å². The predicted octanol–water partition coefficient (Wildman–Crippen LogP) is 0.934. The highest BCUT2D eigenvalue weighted by atomic mass is 16.2. The first-order valence-corrected chi connectivity index (χ1v) is 8.55. The van der Waals surface area contributed by atoms with Crippen molar-refractivity contribution in [3.8, 4) is 0 Å². The van der Waals surface area contributed by atoms with Gasteiger partial charge in [0.1, 0.15) is 0 Å². The predicted molar refractivity (Wildman–Crippen MR) is 89.2 cm³/mol. The maximum atomic E-state index is 12.2. The van der Waals surface area contributed by atoms with Gasteiger partial charge in [-0.25, -0.2) is 0 Å². The minimum atomic E-state index is -0.248. The molecule has 0 unspecified atom stereocenters. The molecule has 3 amide bonds. The Labute approximate surface area is 141 Å². The molecular weight excluding hydrogens is 306 g/mol. The number of amides is 3.